The molecule has 2 fully saturated rings. The Kier molecular flexibility index (Phi) is 7.05. The van der Waals surface area contributed by atoms with Gasteiger partial charge in [0.1, 0.15) is 13.2 Å². The number of hydrogen-bond acceptors (Lipinski definition) is 8. The molecule has 0 aliphatic carbocycles. The minimum atomic E-state index is -0.530. The molecule has 0 radical (unpaired) electrons. The Morgan fingerprint density at radius 2 is 1.29 bits per heavy atom. The first-order valence-corrected chi connectivity index (χ1v) is 8.81. The summed E-state index contributed by atoms with van der Waals surface area (Å²) >= 11 is 0. The molecule has 2 aliphatic heterocycles. The lowest BCUT2D eigenvalue weighted by molar-refractivity contribution is -0.140. The number of carbonyl (C=O) groups excluding carboxylic acids is 2. The van der Waals surface area contributed by atoms with Crippen molar-refractivity contribution in [2.75, 3.05) is 26.4 Å². The Hall–Kier alpha value is -2.39. The molecule has 10 heteroatoms. The smallest absolute Gasteiger partial charge is 0.460 e. The summed E-state index contributed by atoms with van der Waals surface area (Å²) in [6.07, 6.45) is 1.56. The maximum absolute atomic E-state index is 11.1. The van der Waals surface area contributed by atoms with Crippen LogP contribution in [0.3, 0.4) is 0 Å². The Balaban J connectivity index is 1.48. The molecule has 0 aromatic heterocycles. The van der Waals surface area contributed by atoms with Crippen LogP contribution in [0.4, 0.5) is 0 Å². The maximum Gasteiger partial charge on any atom is 0.494 e. The predicted molar refractivity (Wildman–Crippen MR) is 101 cm³/mol. The third-order valence-electron chi connectivity index (χ3n) is 4.14. The minimum absolute atomic E-state index is 0.112. The van der Waals surface area contributed by atoms with Crippen LogP contribution in [0.5, 0.6) is 0 Å². The molecule has 2 aliphatic rings. The van der Waals surface area contributed by atoms with Gasteiger partial charge in [-0.15, -0.1) is 0 Å². The molecule has 2 unspecified atom stereocenters. The lowest BCUT2D eigenvalue weighted by atomic mass is 9.74. The molecule has 2 atom stereocenters. The van der Waals surface area contributed by atoms with E-state index in [2.05, 4.69) is 13.2 Å². The Labute approximate surface area is 163 Å². The van der Waals surface area contributed by atoms with E-state index in [0.29, 0.717) is 13.2 Å². The fourth-order valence-corrected chi connectivity index (χ4v) is 2.70. The van der Waals surface area contributed by atoms with Gasteiger partial charge < -0.3 is 28.1 Å². The Bertz CT molecular complexity index is 662. The third-order valence-corrected chi connectivity index (χ3v) is 4.14. The highest BCUT2D eigenvalue weighted by molar-refractivity contribution is 6.63. The van der Waals surface area contributed by atoms with Crippen LogP contribution in [0.1, 0.15) is 0 Å². The van der Waals surface area contributed by atoms with E-state index in [4.69, 9.17) is 28.1 Å². The fraction of sp³-hybridized carbons (Fsp3) is 0.333. The average molecular weight is 386 g/mol. The molecule has 1 aromatic rings. The van der Waals surface area contributed by atoms with Crippen LogP contribution in [0.2, 0.25) is 0 Å². The highest BCUT2D eigenvalue weighted by Crippen LogP contribution is 2.11. The van der Waals surface area contributed by atoms with Crippen LogP contribution in [0, 0.1) is 0 Å². The highest BCUT2D eigenvalue weighted by atomic mass is 16.7. The minimum Gasteiger partial charge on any atom is -0.460 e. The Morgan fingerprint density at radius 1 is 0.893 bits per heavy atom. The first-order valence-electron chi connectivity index (χ1n) is 8.81. The van der Waals surface area contributed by atoms with Gasteiger partial charge in [0.05, 0.1) is 25.4 Å². The molecule has 3 rings (SSSR count). The highest BCUT2D eigenvalue weighted by Gasteiger charge is 2.36. The fourth-order valence-electron chi connectivity index (χ4n) is 2.70. The van der Waals surface area contributed by atoms with Crippen molar-refractivity contribution in [1.82, 2.24) is 0 Å². The molecule has 0 saturated carbocycles. The molecular weight excluding hydrogens is 366 g/mol. The van der Waals surface area contributed by atoms with Crippen LogP contribution in [-0.4, -0.2) is 64.8 Å². The van der Waals surface area contributed by atoms with Gasteiger partial charge in [0.15, 0.2) is 0 Å². The Morgan fingerprint density at radius 3 is 1.64 bits per heavy atom. The van der Waals surface area contributed by atoms with Crippen LogP contribution >= 0.6 is 0 Å². The molecule has 28 heavy (non-hydrogen) atoms. The molecule has 8 nitrogen and oxygen atoms in total. The molecule has 0 bridgehead atoms. The first kappa shape index (κ1) is 20.3. The van der Waals surface area contributed by atoms with Gasteiger partial charge >= 0.3 is 26.2 Å². The zero-order valence-corrected chi connectivity index (χ0v) is 15.3. The molecular formula is C18H20B2O8. The summed E-state index contributed by atoms with van der Waals surface area (Å²) in [4.78, 5) is 22.2. The van der Waals surface area contributed by atoms with Crippen LogP contribution in [0.25, 0.3) is 0 Å². The topological polar surface area (TPSA) is 89.5 Å². The van der Waals surface area contributed by atoms with Gasteiger partial charge in [0.2, 0.25) is 0 Å². The molecule has 2 saturated heterocycles. The monoisotopic (exact) mass is 386 g/mol. The summed E-state index contributed by atoms with van der Waals surface area (Å²) in [6, 6.07) is 7.43. The second-order valence-electron chi connectivity index (χ2n) is 6.18. The van der Waals surface area contributed by atoms with Crippen LogP contribution in [0.15, 0.2) is 49.6 Å². The van der Waals surface area contributed by atoms with Gasteiger partial charge in [0, 0.05) is 12.2 Å². The van der Waals surface area contributed by atoms with Gasteiger partial charge in [-0.05, 0) is 10.9 Å². The zero-order chi connectivity index (χ0) is 19.9. The van der Waals surface area contributed by atoms with Crippen molar-refractivity contribution in [2.24, 2.45) is 0 Å². The molecule has 1 aromatic carbocycles. The second kappa shape index (κ2) is 9.70. The van der Waals surface area contributed by atoms with E-state index in [9.17, 15) is 9.59 Å². The number of hydrogen-bond donors (Lipinski definition) is 0. The van der Waals surface area contributed by atoms with Gasteiger partial charge in [-0.1, -0.05) is 37.4 Å². The number of benzene rings is 1. The van der Waals surface area contributed by atoms with Crippen molar-refractivity contribution >= 4 is 37.1 Å². The van der Waals surface area contributed by atoms with E-state index in [0.717, 1.165) is 23.1 Å². The van der Waals surface area contributed by atoms with E-state index >= 15 is 0 Å². The average Bonchev–Trinajstić information content (AvgIpc) is 3.40. The van der Waals surface area contributed by atoms with Crippen molar-refractivity contribution in [3.63, 3.8) is 0 Å². The molecule has 146 valence electrons. The van der Waals surface area contributed by atoms with Crippen molar-refractivity contribution in [3.05, 3.63) is 49.6 Å². The van der Waals surface area contributed by atoms with Gasteiger partial charge in [-0.25, -0.2) is 9.59 Å². The molecule has 2 heterocycles. The van der Waals surface area contributed by atoms with Gasteiger partial charge in [0.25, 0.3) is 0 Å². The van der Waals surface area contributed by atoms with Crippen LogP contribution in [-0.2, 0) is 37.7 Å². The van der Waals surface area contributed by atoms with E-state index in [1.165, 1.54) is 0 Å². The van der Waals surface area contributed by atoms with Crippen molar-refractivity contribution < 1.29 is 37.7 Å². The lowest BCUT2D eigenvalue weighted by Crippen LogP contribution is -2.37. The van der Waals surface area contributed by atoms with Gasteiger partial charge in [-0.2, -0.15) is 0 Å². The maximum atomic E-state index is 11.1. The van der Waals surface area contributed by atoms with E-state index in [1.54, 1.807) is 0 Å². The molecule has 0 spiro atoms. The summed E-state index contributed by atoms with van der Waals surface area (Å²) < 4.78 is 32.6. The summed E-state index contributed by atoms with van der Waals surface area (Å²) in [5.41, 5.74) is 1.66. The van der Waals surface area contributed by atoms with Crippen molar-refractivity contribution in [1.29, 1.82) is 0 Å². The SMILES string of the molecule is C=CC(=O)OCC1COB(c2ccc(B3OCC(COC(=O)C=C)O3)cc2)O1. The third kappa shape index (κ3) is 5.32. The quantitative estimate of drug-likeness (QED) is 0.332. The standard InChI is InChI=1S/C18H20B2O8/c1-3-17(21)23-9-15-11-25-19(27-15)13-5-7-14(8-6-13)20-26-12-16(28-20)10-24-18(22)4-2/h3-8,15-16H,1-2,9-12H2. The predicted octanol–water partition coefficient (Wildman–Crippen LogP) is -0.634. The largest absolute Gasteiger partial charge is 0.494 e. The number of ether oxygens (including phenoxy) is 2. The summed E-state index contributed by atoms with van der Waals surface area (Å²) in [7, 11) is -1.06. The van der Waals surface area contributed by atoms with Crippen molar-refractivity contribution in [3.8, 4) is 0 Å². The number of esters is 2. The molecule has 0 amide bonds. The number of rotatable bonds is 8. The summed E-state index contributed by atoms with van der Waals surface area (Å²) in [5, 5.41) is 0. The normalized spacial score (nSPS) is 21.4. The second-order valence-corrected chi connectivity index (χ2v) is 6.18. The lowest BCUT2D eigenvalue weighted by Gasteiger charge is -2.11. The zero-order valence-electron chi connectivity index (χ0n) is 15.3. The van der Waals surface area contributed by atoms with Crippen molar-refractivity contribution in [2.45, 2.75) is 12.2 Å². The molecule has 0 N–H and O–H groups in total. The first-order chi connectivity index (χ1) is 13.6. The number of carbonyl (C=O) groups is 2. The van der Waals surface area contributed by atoms with Gasteiger partial charge in [-0.3, -0.25) is 0 Å². The van der Waals surface area contributed by atoms with Crippen LogP contribution < -0.4 is 10.9 Å². The summed E-state index contributed by atoms with van der Waals surface area (Å²) in [6.45, 7) is 7.57. The van der Waals surface area contributed by atoms with E-state index < -0.39 is 26.2 Å². The van der Waals surface area contributed by atoms with E-state index in [-0.39, 0.29) is 25.4 Å². The van der Waals surface area contributed by atoms with E-state index in [1.807, 2.05) is 24.3 Å². The summed E-state index contributed by atoms with van der Waals surface area (Å²) in [5.74, 6) is -0.990.